The number of fused-ring (bicyclic) bond motifs is 3. The van der Waals surface area contributed by atoms with E-state index in [4.69, 9.17) is 9.47 Å². The minimum atomic E-state index is -0.596. The molecule has 2 aromatic rings. The van der Waals surface area contributed by atoms with Crippen molar-refractivity contribution in [2.45, 2.75) is 90.2 Å². The topological polar surface area (TPSA) is 76.0 Å². The molecule has 1 N–H and O–H groups in total. The van der Waals surface area contributed by atoms with Gasteiger partial charge < -0.3 is 29.2 Å². The van der Waals surface area contributed by atoms with E-state index in [2.05, 4.69) is 47.0 Å². The highest BCUT2D eigenvalue weighted by Gasteiger charge is 2.30. The second-order valence-electron chi connectivity index (χ2n) is 14.0. The van der Waals surface area contributed by atoms with Crippen LogP contribution in [0, 0.1) is 0 Å². The fourth-order valence-electron chi connectivity index (χ4n) is 6.68. The zero-order chi connectivity index (χ0) is 33.4. The van der Waals surface area contributed by atoms with Gasteiger partial charge in [0.1, 0.15) is 11.4 Å². The third-order valence-electron chi connectivity index (χ3n) is 9.20. The molecule has 8 heteroatoms. The van der Waals surface area contributed by atoms with Crippen molar-refractivity contribution in [1.82, 2.24) is 19.7 Å². The molecular weight excluding hydrogens is 576 g/mol. The number of nitrogens with zero attached hydrogens (tertiary/aromatic N) is 3. The quantitative estimate of drug-likeness (QED) is 0.291. The molecule has 2 aliphatic rings. The van der Waals surface area contributed by atoms with Crippen LogP contribution < -0.4 is 5.32 Å². The predicted octanol–water partition coefficient (Wildman–Crippen LogP) is 6.77. The normalized spacial score (nSPS) is 18.1. The van der Waals surface area contributed by atoms with E-state index < -0.39 is 5.60 Å². The molecule has 0 radical (unpaired) electrons. The Morgan fingerprint density at radius 2 is 1.78 bits per heavy atom. The van der Waals surface area contributed by atoms with E-state index in [1.54, 1.807) is 7.11 Å². The number of esters is 1. The van der Waals surface area contributed by atoms with Crippen molar-refractivity contribution in [1.29, 1.82) is 0 Å². The van der Waals surface area contributed by atoms with Gasteiger partial charge in [-0.1, -0.05) is 44.4 Å². The Kier molecular flexibility index (Phi) is 12.3. The van der Waals surface area contributed by atoms with Gasteiger partial charge in [0.15, 0.2) is 0 Å². The van der Waals surface area contributed by atoms with Crippen molar-refractivity contribution in [3.05, 3.63) is 70.7 Å². The molecule has 0 saturated heterocycles. The van der Waals surface area contributed by atoms with Gasteiger partial charge in [0.2, 0.25) is 0 Å². The third-order valence-corrected chi connectivity index (χ3v) is 9.20. The van der Waals surface area contributed by atoms with Crippen molar-refractivity contribution in [3.8, 4) is 0 Å². The Bertz CT molecular complexity index is 1460. The summed E-state index contributed by atoms with van der Waals surface area (Å²) in [5, 5.41) is 4.36. The molecule has 1 aromatic carbocycles. The Balaban J connectivity index is 1.86. The van der Waals surface area contributed by atoms with Gasteiger partial charge in [0, 0.05) is 61.3 Å². The van der Waals surface area contributed by atoms with Crippen LogP contribution in [-0.2, 0) is 20.8 Å². The summed E-state index contributed by atoms with van der Waals surface area (Å²) in [4.78, 5) is 31.5. The van der Waals surface area contributed by atoms with Crippen LogP contribution in [0.2, 0.25) is 0 Å². The lowest BCUT2D eigenvalue weighted by atomic mass is 9.81. The second-order valence-corrected chi connectivity index (χ2v) is 14.0. The SMILES string of the molecule is CNCCN(C)CCN(C)C(=O)C1=CCC=C(OC)C=CC(C)c2c(C3CCCCC3)c3ccc(C(=O)OC(C)(C)C)cc3n2C1. The van der Waals surface area contributed by atoms with Crippen molar-refractivity contribution in [3.63, 3.8) is 0 Å². The predicted molar refractivity (Wildman–Crippen MR) is 187 cm³/mol. The second kappa shape index (κ2) is 16.0. The number of carbonyl (C=O) groups excluding carboxylic acids is 2. The van der Waals surface area contributed by atoms with Crippen LogP contribution in [0.4, 0.5) is 0 Å². The van der Waals surface area contributed by atoms with Crippen LogP contribution >= 0.6 is 0 Å². The number of benzene rings is 1. The molecule has 1 fully saturated rings. The van der Waals surface area contributed by atoms with Gasteiger partial charge in [0.25, 0.3) is 5.91 Å². The number of ether oxygens (including phenoxy) is 2. The maximum atomic E-state index is 14.2. The highest BCUT2D eigenvalue weighted by molar-refractivity contribution is 5.97. The first kappa shape index (κ1) is 35.5. The minimum absolute atomic E-state index is 0.0181. The van der Waals surface area contributed by atoms with E-state index in [1.165, 1.54) is 35.9 Å². The number of methoxy groups -OCH3 is 1. The molecule has 2 heterocycles. The number of hydrogen-bond acceptors (Lipinski definition) is 6. The smallest absolute Gasteiger partial charge is 0.338 e. The van der Waals surface area contributed by atoms with Crippen LogP contribution in [0.3, 0.4) is 0 Å². The summed E-state index contributed by atoms with van der Waals surface area (Å²) in [7, 11) is 7.62. The summed E-state index contributed by atoms with van der Waals surface area (Å²) >= 11 is 0. The first-order chi connectivity index (χ1) is 21.9. The first-order valence-electron chi connectivity index (χ1n) is 17.0. The average Bonchev–Trinajstić information content (AvgIpc) is 3.34. The van der Waals surface area contributed by atoms with E-state index in [-0.39, 0.29) is 17.8 Å². The van der Waals surface area contributed by atoms with Crippen LogP contribution in [0.1, 0.15) is 99.7 Å². The Hall–Kier alpha value is -3.36. The van der Waals surface area contributed by atoms with Crippen molar-refractivity contribution >= 4 is 22.8 Å². The molecule has 1 aromatic heterocycles. The molecule has 1 aliphatic heterocycles. The summed E-state index contributed by atoms with van der Waals surface area (Å²) in [5.74, 6) is 0.949. The molecule has 46 heavy (non-hydrogen) atoms. The molecule has 4 rings (SSSR count). The third kappa shape index (κ3) is 8.91. The van der Waals surface area contributed by atoms with Gasteiger partial charge >= 0.3 is 5.97 Å². The number of likely N-dealkylation sites (N-methyl/N-ethyl adjacent to an activating group) is 3. The van der Waals surface area contributed by atoms with Crippen LogP contribution in [0.25, 0.3) is 10.9 Å². The molecule has 1 saturated carbocycles. The standard InChI is InChI=1S/C38H56N4O4/c1-27-17-19-31(45-8)16-12-15-30(36(43)41(7)24-23-40(6)22-21-39-5)26-42-33-25-29(37(44)46-38(2,3)4)18-20-32(33)34(35(27)42)28-13-10-9-11-14-28/h15-20,25,27-28,39H,9-14,21-24,26H2,1-8H3. The lowest BCUT2D eigenvalue weighted by molar-refractivity contribution is -0.126. The molecule has 0 spiro atoms. The van der Waals surface area contributed by atoms with Gasteiger partial charge in [-0.05, 0) is 89.9 Å². The largest absolute Gasteiger partial charge is 0.497 e. The van der Waals surface area contributed by atoms with Crippen molar-refractivity contribution in [2.75, 3.05) is 54.4 Å². The monoisotopic (exact) mass is 632 g/mol. The summed E-state index contributed by atoms with van der Waals surface area (Å²) in [6.07, 6.45) is 14.9. The van der Waals surface area contributed by atoms with Gasteiger partial charge in [-0.15, -0.1) is 0 Å². The Morgan fingerprint density at radius 1 is 1.04 bits per heavy atom. The van der Waals surface area contributed by atoms with E-state index in [1.807, 2.05) is 64.1 Å². The van der Waals surface area contributed by atoms with Gasteiger partial charge in [-0.3, -0.25) is 4.79 Å². The fraction of sp³-hybridized carbons (Fsp3) is 0.579. The highest BCUT2D eigenvalue weighted by atomic mass is 16.6. The Morgan fingerprint density at radius 3 is 2.46 bits per heavy atom. The molecule has 1 amide bonds. The molecule has 1 atom stereocenters. The van der Waals surface area contributed by atoms with Crippen LogP contribution in [0.5, 0.6) is 0 Å². The lowest BCUT2D eigenvalue weighted by Gasteiger charge is -2.26. The number of hydrogen-bond donors (Lipinski definition) is 1. The van der Waals surface area contributed by atoms with Crippen LogP contribution in [0.15, 0.2) is 53.8 Å². The van der Waals surface area contributed by atoms with E-state index in [9.17, 15) is 9.59 Å². The maximum absolute atomic E-state index is 14.2. The molecule has 1 aliphatic carbocycles. The van der Waals surface area contributed by atoms with Crippen molar-refractivity contribution < 1.29 is 19.1 Å². The summed E-state index contributed by atoms with van der Waals surface area (Å²) < 4.78 is 13.8. The van der Waals surface area contributed by atoms with Gasteiger partial charge in [-0.2, -0.15) is 0 Å². The van der Waals surface area contributed by atoms with Crippen LogP contribution in [-0.4, -0.2) is 86.3 Å². The zero-order valence-electron chi connectivity index (χ0n) is 29.4. The molecule has 1 unspecified atom stereocenters. The summed E-state index contributed by atoms with van der Waals surface area (Å²) in [5.41, 5.74) is 4.21. The average molecular weight is 633 g/mol. The van der Waals surface area contributed by atoms with E-state index in [0.717, 1.165) is 49.3 Å². The lowest BCUT2D eigenvalue weighted by Crippen LogP contribution is -2.38. The summed E-state index contributed by atoms with van der Waals surface area (Å²) in [6, 6.07) is 6.00. The number of nitrogens with one attached hydrogen (secondary N) is 1. The number of aromatic nitrogens is 1. The number of amides is 1. The van der Waals surface area contributed by atoms with E-state index in [0.29, 0.717) is 31.0 Å². The molecule has 8 nitrogen and oxygen atoms in total. The highest BCUT2D eigenvalue weighted by Crippen LogP contribution is 2.43. The van der Waals surface area contributed by atoms with Crippen molar-refractivity contribution in [2.24, 2.45) is 0 Å². The fourth-order valence-corrected chi connectivity index (χ4v) is 6.68. The number of carbonyl (C=O) groups is 2. The number of rotatable bonds is 10. The molecule has 252 valence electrons. The van der Waals surface area contributed by atoms with Gasteiger partial charge in [-0.25, -0.2) is 4.79 Å². The molecule has 0 bridgehead atoms. The van der Waals surface area contributed by atoms with Gasteiger partial charge in [0.05, 0.1) is 19.2 Å². The molecular formula is C38H56N4O4. The first-order valence-corrected chi connectivity index (χ1v) is 17.0. The maximum Gasteiger partial charge on any atom is 0.338 e. The summed E-state index contributed by atoms with van der Waals surface area (Å²) in [6.45, 7) is 11.5. The van der Waals surface area contributed by atoms with E-state index >= 15 is 0 Å². The minimum Gasteiger partial charge on any atom is -0.497 e. The zero-order valence-corrected chi connectivity index (χ0v) is 29.4. The number of allylic oxidation sites excluding steroid dienone is 4. The Labute approximate surface area is 276 Å².